The fourth-order valence-electron chi connectivity index (χ4n) is 5.12. The number of benzene rings is 2. The monoisotopic (exact) mass is 590 g/mol. The molecule has 1 aliphatic heterocycles. The Morgan fingerprint density at radius 2 is 1.72 bits per heavy atom. The highest BCUT2D eigenvalue weighted by molar-refractivity contribution is 6.38. The lowest BCUT2D eigenvalue weighted by molar-refractivity contribution is -0.137. The molecule has 12 heteroatoms. The number of nitrogens with zero attached hydrogens (tertiary/aromatic N) is 4. The average molecular weight is 591 g/mol. The number of nitrogens with one attached hydrogen (secondary N) is 1. The Hall–Kier alpha value is -4.84. The van der Waals surface area contributed by atoms with Gasteiger partial charge >= 0.3 is 6.18 Å². The van der Waals surface area contributed by atoms with Crippen LogP contribution in [0.5, 0.6) is 0 Å². The van der Waals surface area contributed by atoms with E-state index in [2.05, 4.69) is 20.3 Å². The number of carbonyl (C=O) groups is 3. The summed E-state index contributed by atoms with van der Waals surface area (Å²) < 4.78 is 42.0. The minimum atomic E-state index is -4.53. The van der Waals surface area contributed by atoms with Crippen LogP contribution in [0.15, 0.2) is 79.1 Å². The zero-order valence-corrected chi connectivity index (χ0v) is 23.1. The molecule has 2 aromatic carbocycles. The van der Waals surface area contributed by atoms with E-state index in [0.717, 1.165) is 38.1 Å². The minimum absolute atomic E-state index is 0.0331. The maximum atomic E-state index is 13.5. The Morgan fingerprint density at radius 3 is 2.42 bits per heavy atom. The number of amides is 2. The van der Waals surface area contributed by atoms with Crippen LogP contribution in [0.4, 0.5) is 13.2 Å². The van der Waals surface area contributed by atoms with Crippen LogP contribution >= 0.6 is 0 Å². The van der Waals surface area contributed by atoms with Crippen molar-refractivity contribution in [3.8, 4) is 17.1 Å². The normalized spacial score (nSPS) is 14.4. The number of halogens is 3. The number of nitrogens with two attached hydrogens (primary N) is 1. The quantitative estimate of drug-likeness (QED) is 0.270. The van der Waals surface area contributed by atoms with Crippen molar-refractivity contribution in [1.29, 1.82) is 0 Å². The van der Waals surface area contributed by atoms with Gasteiger partial charge in [-0.2, -0.15) is 18.3 Å². The molecule has 1 saturated heterocycles. The first-order valence-corrected chi connectivity index (χ1v) is 13.7. The molecule has 43 heavy (non-hydrogen) atoms. The maximum absolute atomic E-state index is 13.5. The molecule has 1 unspecified atom stereocenters. The molecule has 0 aliphatic carbocycles. The van der Waals surface area contributed by atoms with Crippen LogP contribution in [0.25, 0.3) is 17.1 Å². The van der Waals surface area contributed by atoms with Crippen LogP contribution in [-0.4, -0.2) is 56.4 Å². The van der Waals surface area contributed by atoms with E-state index in [4.69, 9.17) is 5.73 Å². The second kappa shape index (κ2) is 12.6. The molecule has 5 rings (SSSR count). The summed E-state index contributed by atoms with van der Waals surface area (Å²) in [6.45, 7) is 2.15. The van der Waals surface area contributed by atoms with E-state index in [9.17, 15) is 27.6 Å². The van der Waals surface area contributed by atoms with Gasteiger partial charge < -0.3 is 11.1 Å². The Morgan fingerprint density at radius 1 is 0.977 bits per heavy atom. The number of Topliss-reactive ketones (excluding diaryl/α,β-unsaturated/α-hetero) is 1. The first kappa shape index (κ1) is 29.6. The van der Waals surface area contributed by atoms with Crippen molar-refractivity contribution < 1.29 is 27.6 Å². The van der Waals surface area contributed by atoms with Gasteiger partial charge in [-0.25, -0.2) is 9.67 Å². The van der Waals surface area contributed by atoms with Gasteiger partial charge in [0, 0.05) is 36.5 Å². The number of primary amides is 1. The smallest absolute Gasteiger partial charge is 0.363 e. The van der Waals surface area contributed by atoms with Gasteiger partial charge in [-0.15, -0.1) is 0 Å². The first-order valence-electron chi connectivity index (χ1n) is 13.7. The van der Waals surface area contributed by atoms with Gasteiger partial charge in [0.25, 0.3) is 11.8 Å². The second-order valence-electron chi connectivity index (χ2n) is 10.3. The standard InChI is InChI=1S/C31H29F3N6O3/c32-31(33,34)23-11-6-10-21(17-23)26-22(18-39-14-4-5-15-39)19-40(38-26)29-24(12-7-13-36-29)30(43)37-25(27(41)28(35)42)16-20-8-2-1-3-9-20/h1-3,6-13,17,19,25H,4-5,14-16,18H2,(H2,35,42)(H,37,43). The van der Waals surface area contributed by atoms with Crippen molar-refractivity contribution in [3.05, 3.63) is 101 Å². The zero-order valence-electron chi connectivity index (χ0n) is 23.1. The van der Waals surface area contributed by atoms with E-state index >= 15 is 0 Å². The van der Waals surface area contributed by atoms with Crippen molar-refractivity contribution in [2.24, 2.45) is 5.73 Å². The third kappa shape index (κ3) is 6.97. The Labute approximate surface area is 245 Å². The number of carbonyl (C=O) groups excluding carboxylic acids is 3. The highest BCUT2D eigenvalue weighted by Gasteiger charge is 2.31. The average Bonchev–Trinajstić information content (AvgIpc) is 3.67. The topological polar surface area (TPSA) is 123 Å². The molecular formula is C31H29F3N6O3. The number of alkyl halides is 3. The molecule has 4 aromatic rings. The summed E-state index contributed by atoms with van der Waals surface area (Å²) in [5.74, 6) is -2.74. The van der Waals surface area contributed by atoms with Gasteiger partial charge in [-0.1, -0.05) is 42.5 Å². The Kier molecular flexibility index (Phi) is 8.67. The van der Waals surface area contributed by atoms with Gasteiger partial charge in [0.2, 0.25) is 5.78 Å². The molecule has 9 nitrogen and oxygen atoms in total. The largest absolute Gasteiger partial charge is 0.416 e. The molecule has 1 atom stereocenters. The van der Waals surface area contributed by atoms with Crippen LogP contribution in [0.3, 0.4) is 0 Å². The van der Waals surface area contributed by atoms with Crippen molar-refractivity contribution >= 4 is 17.6 Å². The van der Waals surface area contributed by atoms with Gasteiger partial charge in [0.15, 0.2) is 5.82 Å². The second-order valence-corrected chi connectivity index (χ2v) is 10.3. The molecule has 2 aromatic heterocycles. The summed E-state index contributed by atoms with van der Waals surface area (Å²) in [6.07, 6.45) is 0.651. The molecule has 0 saturated carbocycles. The molecule has 0 radical (unpaired) electrons. The molecule has 3 N–H and O–H groups in total. The lowest BCUT2D eigenvalue weighted by Gasteiger charge is -2.17. The Balaban J connectivity index is 1.51. The summed E-state index contributed by atoms with van der Waals surface area (Å²) in [7, 11) is 0. The lowest BCUT2D eigenvalue weighted by Crippen LogP contribution is -2.47. The van der Waals surface area contributed by atoms with Gasteiger partial charge in [-0.3, -0.25) is 19.3 Å². The number of hydrogen-bond acceptors (Lipinski definition) is 6. The molecule has 0 spiro atoms. The van der Waals surface area contributed by atoms with Crippen molar-refractivity contribution in [3.63, 3.8) is 0 Å². The SMILES string of the molecule is NC(=O)C(=O)C(Cc1ccccc1)NC(=O)c1cccnc1-n1cc(CN2CCCC2)c(-c2cccc(C(F)(F)F)c2)n1. The molecular weight excluding hydrogens is 561 g/mol. The molecule has 2 amide bonds. The summed E-state index contributed by atoms with van der Waals surface area (Å²) in [5.41, 5.74) is 6.50. The number of pyridine rings is 1. The van der Waals surface area contributed by atoms with E-state index in [0.29, 0.717) is 23.4 Å². The predicted octanol–water partition coefficient (Wildman–Crippen LogP) is 3.94. The first-order chi connectivity index (χ1) is 20.6. The highest BCUT2D eigenvalue weighted by Crippen LogP contribution is 2.33. The van der Waals surface area contributed by atoms with Crippen LogP contribution in [0, 0.1) is 0 Å². The molecule has 0 bridgehead atoms. The third-order valence-electron chi connectivity index (χ3n) is 7.24. The molecule has 1 aliphatic rings. The fourth-order valence-corrected chi connectivity index (χ4v) is 5.12. The predicted molar refractivity (Wildman–Crippen MR) is 152 cm³/mol. The van der Waals surface area contributed by atoms with Crippen molar-refractivity contribution in [2.45, 2.75) is 38.0 Å². The van der Waals surface area contributed by atoms with Crippen LogP contribution in [0.1, 0.15) is 39.9 Å². The van der Waals surface area contributed by atoms with E-state index < -0.39 is 35.4 Å². The molecule has 3 heterocycles. The summed E-state index contributed by atoms with van der Waals surface area (Å²) in [6, 6.07) is 15.6. The minimum Gasteiger partial charge on any atom is -0.363 e. The van der Waals surface area contributed by atoms with Gasteiger partial charge in [-0.05, 0) is 55.8 Å². The van der Waals surface area contributed by atoms with E-state index in [1.807, 2.05) is 0 Å². The molecule has 1 fully saturated rings. The number of aromatic nitrogens is 3. The third-order valence-corrected chi connectivity index (χ3v) is 7.24. The fraction of sp³-hybridized carbons (Fsp3) is 0.258. The van der Waals surface area contributed by atoms with E-state index in [1.165, 1.54) is 29.1 Å². The number of rotatable bonds is 10. The zero-order chi connectivity index (χ0) is 30.6. The summed E-state index contributed by atoms with van der Waals surface area (Å²) in [5, 5.41) is 7.21. The van der Waals surface area contributed by atoms with E-state index in [1.54, 1.807) is 42.6 Å². The maximum Gasteiger partial charge on any atom is 0.416 e. The summed E-state index contributed by atoms with van der Waals surface area (Å²) in [4.78, 5) is 44.5. The Bertz CT molecular complexity index is 1630. The molecule has 222 valence electrons. The highest BCUT2D eigenvalue weighted by atomic mass is 19.4. The van der Waals surface area contributed by atoms with Crippen LogP contribution in [0.2, 0.25) is 0 Å². The van der Waals surface area contributed by atoms with E-state index in [-0.39, 0.29) is 23.4 Å². The van der Waals surface area contributed by atoms with Gasteiger partial charge in [0.1, 0.15) is 6.04 Å². The number of likely N-dealkylation sites (tertiary alicyclic amines) is 1. The van der Waals surface area contributed by atoms with Crippen LogP contribution in [-0.2, 0) is 28.7 Å². The van der Waals surface area contributed by atoms with Crippen molar-refractivity contribution in [1.82, 2.24) is 25.0 Å². The van der Waals surface area contributed by atoms with Crippen molar-refractivity contribution in [2.75, 3.05) is 13.1 Å². The van der Waals surface area contributed by atoms with Gasteiger partial charge in [0.05, 0.1) is 16.8 Å². The number of hydrogen-bond donors (Lipinski definition) is 2. The number of ketones is 1. The summed E-state index contributed by atoms with van der Waals surface area (Å²) >= 11 is 0. The van der Waals surface area contributed by atoms with Crippen LogP contribution < -0.4 is 11.1 Å². The lowest BCUT2D eigenvalue weighted by atomic mass is 10.0.